The number of carbonyl (C=O) groups excluding carboxylic acids is 2. The Morgan fingerprint density at radius 2 is 1.74 bits per heavy atom. The van der Waals surface area contributed by atoms with Gasteiger partial charge in [0, 0.05) is 31.2 Å². The Morgan fingerprint density at radius 1 is 1.11 bits per heavy atom. The van der Waals surface area contributed by atoms with Gasteiger partial charge in [-0.2, -0.15) is 0 Å². The Balaban J connectivity index is 1.46. The predicted octanol–water partition coefficient (Wildman–Crippen LogP) is 3.20. The fourth-order valence-electron chi connectivity index (χ4n) is 3.76. The molecular weight excluding hydrogens is 368 g/mol. The largest absolute Gasteiger partial charge is 0.348 e. The maximum Gasteiger partial charge on any atom is 0.317 e. The van der Waals surface area contributed by atoms with Crippen molar-refractivity contribution in [1.29, 1.82) is 0 Å². The van der Waals surface area contributed by atoms with E-state index in [-0.39, 0.29) is 23.7 Å². The molecular formula is C18H26N4O4S. The van der Waals surface area contributed by atoms with Gasteiger partial charge >= 0.3 is 6.03 Å². The maximum atomic E-state index is 12.4. The van der Waals surface area contributed by atoms with Gasteiger partial charge in [0.1, 0.15) is 0 Å². The minimum atomic E-state index is -0.466. The first-order valence-corrected chi connectivity index (χ1v) is 10.4. The van der Waals surface area contributed by atoms with Crippen molar-refractivity contribution in [2.24, 2.45) is 0 Å². The van der Waals surface area contributed by atoms with Gasteiger partial charge in [-0.05, 0) is 32.6 Å². The molecule has 27 heavy (non-hydrogen) atoms. The molecule has 1 aromatic heterocycles. The van der Waals surface area contributed by atoms with E-state index in [9.17, 15) is 19.7 Å². The summed E-state index contributed by atoms with van der Waals surface area (Å²) in [6, 6.07) is 1.61. The number of likely N-dealkylation sites (tertiary alicyclic amines) is 1. The molecule has 1 aliphatic carbocycles. The number of aryl methyl sites for hydroxylation is 1. The lowest BCUT2D eigenvalue weighted by molar-refractivity contribution is -0.385. The van der Waals surface area contributed by atoms with Gasteiger partial charge in [0.25, 0.3) is 11.6 Å². The van der Waals surface area contributed by atoms with Crippen molar-refractivity contribution in [2.45, 2.75) is 64.0 Å². The molecule has 9 heteroatoms. The number of hydrogen-bond donors (Lipinski definition) is 2. The van der Waals surface area contributed by atoms with Crippen molar-refractivity contribution in [2.75, 3.05) is 13.1 Å². The molecule has 2 N–H and O–H groups in total. The normalized spacial score (nSPS) is 18.9. The van der Waals surface area contributed by atoms with Crippen LogP contribution >= 0.6 is 11.3 Å². The van der Waals surface area contributed by atoms with E-state index in [1.807, 2.05) is 4.90 Å². The second-order valence-electron chi connectivity index (χ2n) is 7.33. The van der Waals surface area contributed by atoms with Crippen LogP contribution in [0.4, 0.5) is 10.5 Å². The van der Waals surface area contributed by atoms with E-state index < -0.39 is 4.92 Å². The van der Waals surface area contributed by atoms with Crippen molar-refractivity contribution < 1.29 is 14.5 Å². The summed E-state index contributed by atoms with van der Waals surface area (Å²) < 4.78 is 0. The first-order valence-electron chi connectivity index (χ1n) is 9.55. The molecule has 3 rings (SSSR count). The third-order valence-corrected chi connectivity index (χ3v) is 6.40. The number of nitrogens with zero attached hydrogens (tertiary/aromatic N) is 2. The van der Waals surface area contributed by atoms with Crippen LogP contribution in [0.3, 0.4) is 0 Å². The standard InChI is InChI=1S/C18H26N4O4S/c1-12-15(22(25)26)11-16(27-12)17(23)19-14-7-9-21(10-8-14)18(24)20-13-5-3-2-4-6-13/h11,13-14H,2-10H2,1H3,(H,19,23)(H,20,24). The van der Waals surface area contributed by atoms with E-state index in [1.54, 1.807) is 6.92 Å². The van der Waals surface area contributed by atoms with Gasteiger partial charge in [0.05, 0.1) is 14.7 Å². The molecule has 2 fully saturated rings. The molecule has 1 saturated carbocycles. The Morgan fingerprint density at radius 3 is 2.33 bits per heavy atom. The summed E-state index contributed by atoms with van der Waals surface area (Å²) in [5.41, 5.74) is -0.0145. The van der Waals surface area contributed by atoms with Crippen molar-refractivity contribution in [3.63, 3.8) is 0 Å². The van der Waals surface area contributed by atoms with E-state index in [1.165, 1.54) is 25.3 Å². The summed E-state index contributed by atoms with van der Waals surface area (Å²) >= 11 is 1.14. The number of hydrogen-bond acceptors (Lipinski definition) is 5. The lowest BCUT2D eigenvalue weighted by atomic mass is 9.95. The van der Waals surface area contributed by atoms with Crippen LogP contribution in [-0.4, -0.2) is 46.9 Å². The van der Waals surface area contributed by atoms with Gasteiger partial charge in [-0.15, -0.1) is 11.3 Å². The Kier molecular flexibility index (Phi) is 6.30. The first-order chi connectivity index (χ1) is 12.9. The zero-order valence-corrected chi connectivity index (χ0v) is 16.3. The number of piperidine rings is 1. The molecule has 8 nitrogen and oxygen atoms in total. The summed E-state index contributed by atoms with van der Waals surface area (Å²) in [5, 5.41) is 17.0. The third kappa shape index (κ3) is 4.97. The van der Waals surface area contributed by atoms with Gasteiger partial charge in [-0.1, -0.05) is 19.3 Å². The predicted molar refractivity (Wildman–Crippen MR) is 103 cm³/mol. The van der Waals surface area contributed by atoms with E-state index in [2.05, 4.69) is 10.6 Å². The van der Waals surface area contributed by atoms with Crippen molar-refractivity contribution in [3.8, 4) is 0 Å². The molecule has 1 aromatic rings. The van der Waals surface area contributed by atoms with E-state index in [4.69, 9.17) is 0 Å². The Bertz CT molecular complexity index is 706. The molecule has 148 valence electrons. The van der Waals surface area contributed by atoms with Crippen LogP contribution in [0.25, 0.3) is 0 Å². The molecule has 0 aromatic carbocycles. The minimum absolute atomic E-state index is 0.00353. The highest BCUT2D eigenvalue weighted by Crippen LogP contribution is 2.28. The second-order valence-corrected chi connectivity index (χ2v) is 8.58. The molecule has 3 amide bonds. The summed E-state index contributed by atoms with van der Waals surface area (Å²) in [7, 11) is 0. The van der Waals surface area contributed by atoms with Crippen molar-refractivity contribution >= 4 is 29.0 Å². The highest BCUT2D eigenvalue weighted by atomic mass is 32.1. The third-order valence-electron chi connectivity index (χ3n) is 5.36. The summed E-state index contributed by atoms with van der Waals surface area (Å²) in [6.07, 6.45) is 7.12. The van der Waals surface area contributed by atoms with E-state index >= 15 is 0 Å². The van der Waals surface area contributed by atoms with Crippen LogP contribution in [0.2, 0.25) is 0 Å². The number of carbonyl (C=O) groups is 2. The van der Waals surface area contributed by atoms with Crippen LogP contribution in [0, 0.1) is 17.0 Å². The molecule has 0 atom stereocenters. The van der Waals surface area contributed by atoms with Crippen LogP contribution < -0.4 is 10.6 Å². The fourth-order valence-corrected chi connectivity index (χ4v) is 4.65. The van der Waals surface area contributed by atoms with Gasteiger partial charge in [0.2, 0.25) is 0 Å². The van der Waals surface area contributed by atoms with E-state index in [0.717, 1.165) is 24.2 Å². The van der Waals surface area contributed by atoms with Crippen LogP contribution in [0.5, 0.6) is 0 Å². The highest BCUT2D eigenvalue weighted by molar-refractivity contribution is 7.14. The SMILES string of the molecule is Cc1sc(C(=O)NC2CCN(C(=O)NC3CCCCC3)CC2)cc1[N+](=O)[O-]. The molecule has 1 aliphatic heterocycles. The average Bonchev–Trinajstić information content (AvgIpc) is 3.05. The molecule has 0 bridgehead atoms. The van der Waals surface area contributed by atoms with Gasteiger partial charge in [-0.3, -0.25) is 14.9 Å². The van der Waals surface area contributed by atoms with Gasteiger partial charge < -0.3 is 15.5 Å². The lowest BCUT2D eigenvalue weighted by Crippen LogP contribution is -2.51. The van der Waals surface area contributed by atoms with Gasteiger partial charge in [-0.25, -0.2) is 4.79 Å². The second kappa shape index (κ2) is 8.69. The topological polar surface area (TPSA) is 105 Å². The fraction of sp³-hybridized carbons (Fsp3) is 0.667. The van der Waals surface area contributed by atoms with Crippen LogP contribution in [-0.2, 0) is 0 Å². The highest BCUT2D eigenvalue weighted by Gasteiger charge is 2.27. The molecule has 0 unspecified atom stereocenters. The number of nitrogens with one attached hydrogen (secondary N) is 2. The maximum absolute atomic E-state index is 12.4. The van der Waals surface area contributed by atoms with E-state index in [0.29, 0.717) is 41.7 Å². The molecule has 0 radical (unpaired) electrons. The Labute approximate surface area is 162 Å². The van der Waals surface area contributed by atoms with Crippen LogP contribution in [0.1, 0.15) is 59.5 Å². The summed E-state index contributed by atoms with van der Waals surface area (Å²) in [4.78, 5) is 37.9. The molecule has 2 aliphatic rings. The lowest BCUT2D eigenvalue weighted by Gasteiger charge is -2.34. The summed E-state index contributed by atoms with van der Waals surface area (Å²) in [5.74, 6) is -0.277. The Hall–Kier alpha value is -2.16. The quantitative estimate of drug-likeness (QED) is 0.604. The zero-order chi connectivity index (χ0) is 19.4. The smallest absolute Gasteiger partial charge is 0.317 e. The number of amides is 3. The minimum Gasteiger partial charge on any atom is -0.348 e. The number of urea groups is 1. The molecule has 1 saturated heterocycles. The van der Waals surface area contributed by atoms with Gasteiger partial charge in [0.15, 0.2) is 0 Å². The van der Waals surface area contributed by atoms with Crippen LogP contribution in [0.15, 0.2) is 6.07 Å². The molecule has 2 heterocycles. The number of nitro groups is 1. The number of rotatable bonds is 4. The van der Waals surface area contributed by atoms with Crippen molar-refractivity contribution in [1.82, 2.24) is 15.5 Å². The molecule has 0 spiro atoms. The monoisotopic (exact) mass is 394 g/mol. The summed E-state index contributed by atoms with van der Waals surface area (Å²) in [6.45, 7) is 2.85. The first kappa shape index (κ1) is 19.6. The average molecular weight is 394 g/mol. The van der Waals surface area contributed by atoms with Crippen molar-refractivity contribution in [3.05, 3.63) is 25.9 Å². The zero-order valence-electron chi connectivity index (χ0n) is 15.5. The number of thiophene rings is 1.